The third-order valence-corrected chi connectivity index (χ3v) is 3.46. The maximum atomic E-state index is 10.3. The van der Waals surface area contributed by atoms with E-state index in [1.807, 2.05) is 37.3 Å². The van der Waals surface area contributed by atoms with Crippen molar-refractivity contribution in [3.63, 3.8) is 0 Å². The van der Waals surface area contributed by atoms with Gasteiger partial charge in [0.05, 0.1) is 12.4 Å². The predicted molar refractivity (Wildman–Crippen MR) is 76.0 cm³/mol. The van der Waals surface area contributed by atoms with Crippen LogP contribution in [-0.4, -0.2) is 17.8 Å². The maximum absolute atomic E-state index is 10.3. The zero-order valence-electron chi connectivity index (χ0n) is 11.3. The molecule has 0 bridgehead atoms. The van der Waals surface area contributed by atoms with Gasteiger partial charge < -0.3 is 15.3 Å². The van der Waals surface area contributed by atoms with Gasteiger partial charge in [0, 0.05) is 18.9 Å². The Morgan fingerprint density at radius 1 is 1.26 bits per heavy atom. The Hall–Kier alpha value is -1.58. The highest BCUT2D eigenvalue weighted by molar-refractivity contribution is 5.26. The largest absolute Gasteiger partial charge is 0.469 e. The summed E-state index contributed by atoms with van der Waals surface area (Å²) in [5, 5.41) is 10.3. The molecule has 1 heterocycles. The summed E-state index contributed by atoms with van der Waals surface area (Å²) in [6.07, 6.45) is 2.60. The van der Waals surface area contributed by atoms with Crippen molar-refractivity contribution in [1.82, 2.24) is 0 Å². The molecule has 2 aromatic rings. The van der Waals surface area contributed by atoms with Crippen molar-refractivity contribution in [2.75, 3.05) is 6.54 Å². The van der Waals surface area contributed by atoms with E-state index >= 15 is 0 Å². The summed E-state index contributed by atoms with van der Waals surface area (Å²) in [4.78, 5) is 0. The van der Waals surface area contributed by atoms with Crippen molar-refractivity contribution < 1.29 is 9.52 Å². The third kappa shape index (κ3) is 3.69. The summed E-state index contributed by atoms with van der Waals surface area (Å²) in [6.45, 7) is 2.50. The Morgan fingerprint density at radius 3 is 2.74 bits per heavy atom. The fourth-order valence-corrected chi connectivity index (χ4v) is 2.36. The number of nitrogens with two attached hydrogens (primary N) is 1. The van der Waals surface area contributed by atoms with Crippen molar-refractivity contribution in [2.45, 2.75) is 31.8 Å². The van der Waals surface area contributed by atoms with E-state index in [2.05, 4.69) is 6.07 Å². The van der Waals surface area contributed by atoms with Gasteiger partial charge in [-0.25, -0.2) is 0 Å². The number of benzene rings is 1. The minimum absolute atomic E-state index is 0.0186. The van der Waals surface area contributed by atoms with Crippen LogP contribution in [0.3, 0.4) is 0 Å². The molecule has 102 valence electrons. The quantitative estimate of drug-likeness (QED) is 0.838. The first kappa shape index (κ1) is 13.8. The van der Waals surface area contributed by atoms with Crippen LogP contribution in [0.2, 0.25) is 0 Å². The summed E-state index contributed by atoms with van der Waals surface area (Å²) < 4.78 is 5.28. The lowest BCUT2D eigenvalue weighted by atomic mass is 9.90. The zero-order valence-corrected chi connectivity index (χ0v) is 11.3. The number of hydrogen-bond donors (Lipinski definition) is 2. The second-order valence-corrected chi connectivity index (χ2v) is 4.94. The van der Waals surface area contributed by atoms with Crippen LogP contribution in [0.5, 0.6) is 0 Å². The zero-order chi connectivity index (χ0) is 13.7. The summed E-state index contributed by atoms with van der Waals surface area (Å²) in [6, 6.07) is 12.0. The Bertz CT molecular complexity index is 493. The second-order valence-electron chi connectivity index (χ2n) is 4.94. The Balaban J connectivity index is 2.00. The molecule has 1 aromatic carbocycles. The summed E-state index contributed by atoms with van der Waals surface area (Å²) in [5.41, 5.74) is 8.12. The molecule has 0 saturated carbocycles. The lowest BCUT2D eigenvalue weighted by Gasteiger charge is -2.22. The summed E-state index contributed by atoms with van der Waals surface area (Å²) in [5.74, 6) is 0.883. The molecule has 0 saturated heterocycles. The third-order valence-electron chi connectivity index (χ3n) is 3.46. The predicted octanol–water partition coefficient (Wildman–Crippen LogP) is 2.62. The van der Waals surface area contributed by atoms with E-state index in [0.717, 1.165) is 17.7 Å². The number of hydrogen-bond acceptors (Lipinski definition) is 3. The highest BCUT2D eigenvalue weighted by Crippen LogP contribution is 2.23. The monoisotopic (exact) mass is 259 g/mol. The van der Waals surface area contributed by atoms with Crippen molar-refractivity contribution in [3.8, 4) is 0 Å². The van der Waals surface area contributed by atoms with E-state index < -0.39 is 6.10 Å². The highest BCUT2D eigenvalue weighted by atomic mass is 16.3. The minimum atomic E-state index is -0.447. The topological polar surface area (TPSA) is 59.4 Å². The first-order chi connectivity index (χ1) is 9.20. The van der Waals surface area contributed by atoms with Gasteiger partial charge in [0.25, 0.3) is 0 Å². The first-order valence-corrected chi connectivity index (χ1v) is 6.68. The van der Waals surface area contributed by atoms with Gasteiger partial charge in [-0.05, 0) is 31.0 Å². The van der Waals surface area contributed by atoms with Gasteiger partial charge in [0.15, 0.2) is 0 Å². The van der Waals surface area contributed by atoms with E-state index in [1.165, 1.54) is 5.56 Å². The van der Waals surface area contributed by atoms with Crippen molar-refractivity contribution in [1.29, 1.82) is 0 Å². The number of aryl methyl sites for hydroxylation is 2. The maximum Gasteiger partial charge on any atom is 0.103 e. The van der Waals surface area contributed by atoms with Crippen molar-refractivity contribution >= 4 is 0 Å². The molecular formula is C16H21NO2. The number of aliphatic hydroxyl groups excluding tert-OH is 1. The van der Waals surface area contributed by atoms with Crippen LogP contribution in [0.1, 0.15) is 29.2 Å². The van der Waals surface area contributed by atoms with Crippen LogP contribution in [-0.2, 0) is 6.42 Å². The molecule has 0 fully saturated rings. The van der Waals surface area contributed by atoms with E-state index in [4.69, 9.17) is 10.2 Å². The smallest absolute Gasteiger partial charge is 0.103 e. The van der Waals surface area contributed by atoms with Crippen molar-refractivity contribution in [3.05, 3.63) is 59.5 Å². The standard InChI is InChI=1S/C16H21NO2/c1-12-4-2-5-13(10-12)15(11-17)16(18)8-7-14-6-3-9-19-14/h2-6,9-10,15-16,18H,7-8,11,17H2,1H3. The SMILES string of the molecule is Cc1cccc(C(CN)C(O)CCc2ccco2)c1. The lowest BCUT2D eigenvalue weighted by Crippen LogP contribution is -2.26. The molecule has 2 rings (SSSR count). The van der Waals surface area contributed by atoms with Gasteiger partial charge >= 0.3 is 0 Å². The van der Waals surface area contributed by atoms with Crippen LogP contribution in [0.25, 0.3) is 0 Å². The van der Waals surface area contributed by atoms with Crippen LogP contribution >= 0.6 is 0 Å². The van der Waals surface area contributed by atoms with Gasteiger partial charge in [-0.2, -0.15) is 0 Å². The van der Waals surface area contributed by atoms with E-state index in [1.54, 1.807) is 6.26 Å². The molecule has 3 heteroatoms. The Kier molecular flexibility index (Phi) is 4.77. The molecule has 0 radical (unpaired) electrons. The molecule has 0 amide bonds. The van der Waals surface area contributed by atoms with Crippen molar-refractivity contribution in [2.24, 2.45) is 5.73 Å². The molecule has 2 unspecified atom stereocenters. The highest BCUT2D eigenvalue weighted by Gasteiger charge is 2.20. The van der Waals surface area contributed by atoms with E-state index in [9.17, 15) is 5.11 Å². The fraction of sp³-hybridized carbons (Fsp3) is 0.375. The van der Waals surface area contributed by atoms with Gasteiger partial charge in [0.2, 0.25) is 0 Å². The minimum Gasteiger partial charge on any atom is -0.469 e. The summed E-state index contributed by atoms with van der Waals surface area (Å²) in [7, 11) is 0. The van der Waals surface area contributed by atoms with Crippen LogP contribution in [0.4, 0.5) is 0 Å². The van der Waals surface area contributed by atoms with Gasteiger partial charge in [-0.15, -0.1) is 0 Å². The van der Waals surface area contributed by atoms with Gasteiger partial charge in [0.1, 0.15) is 5.76 Å². The second kappa shape index (κ2) is 6.55. The molecule has 1 aromatic heterocycles. The number of rotatable bonds is 6. The molecule has 0 aliphatic carbocycles. The Morgan fingerprint density at radius 2 is 2.11 bits per heavy atom. The normalized spacial score (nSPS) is 14.3. The number of aliphatic hydroxyl groups is 1. The van der Waals surface area contributed by atoms with E-state index in [0.29, 0.717) is 13.0 Å². The van der Waals surface area contributed by atoms with E-state index in [-0.39, 0.29) is 5.92 Å². The van der Waals surface area contributed by atoms with Crippen LogP contribution in [0.15, 0.2) is 47.1 Å². The molecule has 3 nitrogen and oxygen atoms in total. The van der Waals surface area contributed by atoms with Crippen LogP contribution < -0.4 is 5.73 Å². The molecular weight excluding hydrogens is 238 g/mol. The van der Waals surface area contributed by atoms with Gasteiger partial charge in [-0.3, -0.25) is 0 Å². The number of furan rings is 1. The summed E-state index contributed by atoms with van der Waals surface area (Å²) >= 11 is 0. The fourth-order valence-electron chi connectivity index (χ4n) is 2.36. The average Bonchev–Trinajstić information content (AvgIpc) is 2.90. The Labute approximate surface area is 114 Å². The van der Waals surface area contributed by atoms with Crippen LogP contribution in [0, 0.1) is 6.92 Å². The molecule has 2 atom stereocenters. The molecule has 19 heavy (non-hydrogen) atoms. The average molecular weight is 259 g/mol. The lowest BCUT2D eigenvalue weighted by molar-refractivity contribution is 0.134. The molecule has 3 N–H and O–H groups in total. The molecule has 0 aliphatic heterocycles. The first-order valence-electron chi connectivity index (χ1n) is 6.68. The van der Waals surface area contributed by atoms with Gasteiger partial charge in [-0.1, -0.05) is 29.8 Å². The molecule has 0 aliphatic rings. The molecule has 0 spiro atoms.